The molecular weight excluding hydrogens is 461 g/mol. The summed E-state index contributed by atoms with van der Waals surface area (Å²) in [5.41, 5.74) is 3.50. The van der Waals surface area contributed by atoms with Crippen molar-refractivity contribution in [1.29, 1.82) is 5.26 Å². The molecule has 0 saturated heterocycles. The van der Waals surface area contributed by atoms with E-state index in [4.69, 9.17) is 0 Å². The highest BCUT2D eigenvalue weighted by Crippen LogP contribution is 2.43. The molecule has 1 aliphatic rings. The lowest BCUT2D eigenvalue weighted by Gasteiger charge is -2.30. The van der Waals surface area contributed by atoms with Crippen LogP contribution in [0, 0.1) is 11.3 Å². The van der Waals surface area contributed by atoms with Crippen molar-refractivity contribution in [1.82, 2.24) is 15.0 Å². The molecule has 4 rings (SSSR count). The van der Waals surface area contributed by atoms with Gasteiger partial charge in [-0.3, -0.25) is 10.2 Å². The average molecular weight is 481 g/mol. The van der Waals surface area contributed by atoms with Gasteiger partial charge in [-0.25, -0.2) is 0 Å². The Balaban J connectivity index is 1.75. The predicted molar refractivity (Wildman–Crippen MR) is 112 cm³/mol. The van der Waals surface area contributed by atoms with Crippen LogP contribution in [0.25, 0.3) is 22.3 Å². The number of halogens is 5. The Kier molecular flexibility index (Phi) is 6.33. The Bertz CT molecular complexity index is 1220. The number of nitrogens with one attached hydrogen (secondary N) is 1. The second kappa shape index (κ2) is 9.08. The molecule has 0 bridgehead atoms. The van der Waals surface area contributed by atoms with E-state index >= 15 is 0 Å². The quantitative estimate of drug-likeness (QED) is 0.340. The maximum atomic E-state index is 12.8. The SMILES string of the molecule is C[C@@H](NN(O)c1ccc(-c2c(C#N)c3ccc(OC(F)F)cc3n2C2CCC2)nc1)C(F)(F)F. The second-order valence-electron chi connectivity index (χ2n) is 7.95. The third kappa shape index (κ3) is 4.49. The summed E-state index contributed by atoms with van der Waals surface area (Å²) in [7, 11) is 0. The van der Waals surface area contributed by atoms with Crippen LogP contribution in [0.1, 0.15) is 37.8 Å². The number of ether oxygens (including phenoxy) is 1. The van der Waals surface area contributed by atoms with Gasteiger partial charge in [0.25, 0.3) is 0 Å². The summed E-state index contributed by atoms with van der Waals surface area (Å²) in [5.74, 6) is -0.0410. The number of benzene rings is 1. The van der Waals surface area contributed by atoms with Gasteiger partial charge in [0.2, 0.25) is 0 Å². The number of nitrogens with zero attached hydrogens (tertiary/aromatic N) is 4. The fraction of sp³-hybridized carbons (Fsp3) is 0.364. The van der Waals surface area contributed by atoms with Gasteiger partial charge in [0.1, 0.15) is 23.5 Å². The highest BCUT2D eigenvalue weighted by Gasteiger charge is 2.37. The molecule has 0 radical (unpaired) electrons. The minimum atomic E-state index is -4.56. The van der Waals surface area contributed by atoms with E-state index in [9.17, 15) is 32.4 Å². The van der Waals surface area contributed by atoms with Crippen LogP contribution < -0.4 is 15.3 Å². The van der Waals surface area contributed by atoms with E-state index in [0.717, 1.165) is 26.2 Å². The van der Waals surface area contributed by atoms with Crippen LogP contribution in [0.3, 0.4) is 0 Å². The maximum Gasteiger partial charge on any atom is 0.405 e. The molecule has 1 aliphatic carbocycles. The number of rotatable bonds is 7. The number of hydrogen-bond donors (Lipinski definition) is 2. The summed E-state index contributed by atoms with van der Waals surface area (Å²) in [5, 5.41) is 20.6. The van der Waals surface area contributed by atoms with E-state index in [2.05, 4.69) is 15.8 Å². The van der Waals surface area contributed by atoms with Gasteiger partial charge in [0.15, 0.2) is 0 Å². The molecular formula is C22H20F5N5O2. The monoisotopic (exact) mass is 481 g/mol. The zero-order chi connectivity index (χ0) is 24.6. The average Bonchev–Trinajstić information content (AvgIpc) is 3.04. The van der Waals surface area contributed by atoms with Crippen molar-refractivity contribution in [2.24, 2.45) is 0 Å². The molecule has 2 heterocycles. The van der Waals surface area contributed by atoms with Gasteiger partial charge in [-0.05, 0) is 50.5 Å². The second-order valence-corrected chi connectivity index (χ2v) is 7.95. The van der Waals surface area contributed by atoms with Crippen LogP contribution in [-0.2, 0) is 0 Å². The molecule has 3 aromatic rings. The fourth-order valence-electron chi connectivity index (χ4n) is 3.84. The Morgan fingerprint density at radius 3 is 2.53 bits per heavy atom. The molecule has 0 aliphatic heterocycles. The van der Waals surface area contributed by atoms with E-state index in [-0.39, 0.29) is 28.2 Å². The lowest BCUT2D eigenvalue weighted by atomic mass is 9.92. The normalized spacial score (nSPS) is 15.3. The van der Waals surface area contributed by atoms with Crippen molar-refractivity contribution in [2.75, 3.05) is 5.17 Å². The van der Waals surface area contributed by atoms with Crippen molar-refractivity contribution in [3.63, 3.8) is 0 Å². The van der Waals surface area contributed by atoms with Crippen LogP contribution >= 0.6 is 0 Å². The molecule has 1 atom stereocenters. The van der Waals surface area contributed by atoms with Gasteiger partial charge in [-0.15, -0.1) is 0 Å². The van der Waals surface area contributed by atoms with Crippen molar-refractivity contribution >= 4 is 16.6 Å². The zero-order valence-corrected chi connectivity index (χ0v) is 17.9. The zero-order valence-electron chi connectivity index (χ0n) is 17.9. The maximum absolute atomic E-state index is 12.8. The number of hydrogen-bond acceptors (Lipinski definition) is 6. The molecule has 2 aromatic heterocycles. The Hall–Kier alpha value is -3.43. The molecule has 7 nitrogen and oxygen atoms in total. The van der Waals surface area contributed by atoms with Gasteiger partial charge < -0.3 is 9.30 Å². The van der Waals surface area contributed by atoms with Gasteiger partial charge in [-0.1, -0.05) is 0 Å². The van der Waals surface area contributed by atoms with Gasteiger partial charge in [-0.2, -0.15) is 37.8 Å². The molecule has 0 spiro atoms. The summed E-state index contributed by atoms with van der Waals surface area (Å²) < 4.78 is 70.1. The van der Waals surface area contributed by atoms with E-state index in [1.165, 1.54) is 36.5 Å². The first-order valence-corrected chi connectivity index (χ1v) is 10.4. The number of fused-ring (bicyclic) bond motifs is 1. The van der Waals surface area contributed by atoms with E-state index in [0.29, 0.717) is 22.3 Å². The molecule has 34 heavy (non-hydrogen) atoms. The number of hydrazine groups is 1. The molecule has 180 valence electrons. The van der Waals surface area contributed by atoms with E-state index in [1.807, 2.05) is 9.99 Å². The first-order valence-electron chi connectivity index (χ1n) is 10.4. The third-order valence-corrected chi connectivity index (χ3v) is 5.79. The number of anilines is 1. The molecule has 1 saturated carbocycles. The van der Waals surface area contributed by atoms with E-state index < -0.39 is 18.8 Å². The predicted octanol–water partition coefficient (Wildman–Crippen LogP) is 5.55. The largest absolute Gasteiger partial charge is 0.435 e. The van der Waals surface area contributed by atoms with Crippen molar-refractivity contribution < 1.29 is 31.9 Å². The molecule has 1 fully saturated rings. The molecule has 0 unspecified atom stereocenters. The summed E-state index contributed by atoms with van der Waals surface area (Å²) in [6.45, 7) is -2.14. The van der Waals surface area contributed by atoms with Crippen LogP contribution in [0.15, 0.2) is 36.5 Å². The number of aromatic nitrogens is 2. The highest BCUT2D eigenvalue weighted by atomic mass is 19.4. The van der Waals surface area contributed by atoms with Gasteiger partial charge in [0.05, 0.1) is 28.7 Å². The Morgan fingerprint density at radius 1 is 1.26 bits per heavy atom. The Morgan fingerprint density at radius 2 is 2.00 bits per heavy atom. The highest BCUT2D eigenvalue weighted by molar-refractivity contribution is 5.95. The van der Waals surface area contributed by atoms with Gasteiger partial charge in [0, 0.05) is 17.5 Å². The van der Waals surface area contributed by atoms with Crippen LogP contribution in [0.5, 0.6) is 5.75 Å². The van der Waals surface area contributed by atoms with Crippen LogP contribution in [-0.4, -0.2) is 33.6 Å². The first-order chi connectivity index (χ1) is 16.1. The van der Waals surface area contributed by atoms with Crippen molar-refractivity contribution in [3.8, 4) is 23.2 Å². The van der Waals surface area contributed by atoms with Gasteiger partial charge >= 0.3 is 12.8 Å². The number of pyridine rings is 1. The molecule has 12 heteroatoms. The summed E-state index contributed by atoms with van der Waals surface area (Å²) in [6.07, 6.45) is -0.784. The van der Waals surface area contributed by atoms with E-state index in [1.54, 1.807) is 0 Å². The fourth-order valence-corrected chi connectivity index (χ4v) is 3.84. The summed E-state index contributed by atoms with van der Waals surface area (Å²) >= 11 is 0. The molecule has 2 N–H and O–H groups in total. The number of nitriles is 1. The topological polar surface area (TPSA) is 86.3 Å². The van der Waals surface area contributed by atoms with Crippen molar-refractivity contribution in [3.05, 3.63) is 42.1 Å². The minimum absolute atomic E-state index is 0.0199. The van der Waals surface area contributed by atoms with Crippen LogP contribution in [0.4, 0.5) is 27.6 Å². The third-order valence-electron chi connectivity index (χ3n) is 5.79. The molecule has 1 aromatic carbocycles. The summed E-state index contributed by atoms with van der Waals surface area (Å²) in [4.78, 5) is 4.27. The number of alkyl halides is 5. The standard InChI is InChI=1S/C22H20F5N5O2/c1-12(22(25,26)27)30-32(33)14-5-8-18(29-11-14)20-17(10-28)16-7-6-15(34-21(23)24)9-19(16)31(20)13-3-2-4-13/h5-9,11-13,21,30,33H,2-4H2,1H3/t12-/m1/s1. The first kappa shape index (κ1) is 23.7. The molecule has 0 amide bonds. The van der Waals surface area contributed by atoms with Crippen LogP contribution in [0.2, 0.25) is 0 Å². The summed E-state index contributed by atoms with van der Waals surface area (Å²) in [6, 6.07) is 7.35. The lowest BCUT2D eigenvalue weighted by Crippen LogP contribution is -2.48. The smallest absolute Gasteiger partial charge is 0.405 e. The van der Waals surface area contributed by atoms with Crippen molar-refractivity contribution in [2.45, 2.75) is 51.1 Å². The minimum Gasteiger partial charge on any atom is -0.435 e. The Labute approximate surface area is 190 Å². The lowest BCUT2D eigenvalue weighted by molar-refractivity contribution is -0.155.